The van der Waals surface area contributed by atoms with Crippen LogP contribution in [0.25, 0.3) is 0 Å². The minimum Gasteiger partial charge on any atom is -0.363 e. The number of hydrogen-bond acceptors (Lipinski definition) is 4. The Morgan fingerprint density at radius 2 is 1.80 bits per heavy atom. The van der Waals surface area contributed by atoms with Crippen LogP contribution < -0.4 is 10.6 Å². The fourth-order valence-corrected chi connectivity index (χ4v) is 2.63. The molecule has 4 nitrogen and oxygen atoms in total. The molecule has 3 aromatic rings. The van der Waals surface area contributed by atoms with E-state index in [9.17, 15) is 4.39 Å². The third-order valence-corrected chi connectivity index (χ3v) is 3.98. The van der Waals surface area contributed by atoms with E-state index in [2.05, 4.69) is 39.7 Å². The molecule has 0 saturated heterocycles. The lowest BCUT2D eigenvalue weighted by atomic mass is 10.1. The summed E-state index contributed by atoms with van der Waals surface area (Å²) in [6.45, 7) is 3.96. The average Bonchev–Trinajstić information content (AvgIpc) is 2.58. The summed E-state index contributed by atoms with van der Waals surface area (Å²) in [6, 6.07) is 16.5. The number of rotatable bonds is 5. The first-order valence-corrected chi connectivity index (χ1v) is 8.28. The maximum atomic E-state index is 13.3. The van der Waals surface area contributed by atoms with E-state index in [1.165, 1.54) is 17.7 Å². The van der Waals surface area contributed by atoms with Crippen LogP contribution in [0.1, 0.15) is 24.2 Å². The lowest BCUT2D eigenvalue weighted by Crippen LogP contribution is -2.09. The summed E-state index contributed by atoms with van der Waals surface area (Å²) in [5, 5.41) is 6.47. The Balaban J connectivity index is 1.79. The Morgan fingerprint density at radius 1 is 1.04 bits per heavy atom. The first-order valence-electron chi connectivity index (χ1n) is 7.90. The van der Waals surface area contributed by atoms with Crippen LogP contribution in [-0.2, 0) is 0 Å². The van der Waals surface area contributed by atoms with Crippen molar-refractivity contribution in [3.8, 4) is 0 Å². The number of nitrogens with zero attached hydrogens (tertiary/aromatic N) is 2. The van der Waals surface area contributed by atoms with Gasteiger partial charge >= 0.3 is 0 Å². The van der Waals surface area contributed by atoms with Gasteiger partial charge in [-0.1, -0.05) is 41.9 Å². The molecule has 0 aliphatic heterocycles. The van der Waals surface area contributed by atoms with Gasteiger partial charge in [0.1, 0.15) is 11.6 Å². The van der Waals surface area contributed by atoms with Crippen LogP contribution in [0.4, 0.5) is 21.8 Å². The van der Waals surface area contributed by atoms with E-state index < -0.39 is 5.82 Å². The second-order valence-electron chi connectivity index (χ2n) is 5.75. The maximum absolute atomic E-state index is 13.3. The summed E-state index contributed by atoms with van der Waals surface area (Å²) in [7, 11) is 0. The molecule has 0 spiro atoms. The molecule has 0 aliphatic carbocycles. The van der Waals surface area contributed by atoms with Gasteiger partial charge in [-0.3, -0.25) is 0 Å². The lowest BCUT2D eigenvalue weighted by Gasteiger charge is -2.16. The fraction of sp³-hybridized carbons (Fsp3) is 0.158. The molecule has 0 saturated carbocycles. The maximum Gasteiger partial charge on any atom is 0.229 e. The van der Waals surface area contributed by atoms with E-state index in [0.29, 0.717) is 17.5 Å². The predicted octanol–water partition coefficient (Wildman–Crippen LogP) is 5.49. The predicted molar refractivity (Wildman–Crippen MR) is 99.9 cm³/mol. The Hall–Kier alpha value is -2.66. The normalized spacial score (nSPS) is 11.8. The zero-order valence-electron chi connectivity index (χ0n) is 13.9. The summed E-state index contributed by atoms with van der Waals surface area (Å²) < 4.78 is 13.3. The number of anilines is 3. The molecule has 1 atom stereocenters. The van der Waals surface area contributed by atoms with Crippen LogP contribution >= 0.6 is 11.6 Å². The molecule has 3 rings (SSSR count). The van der Waals surface area contributed by atoms with Gasteiger partial charge < -0.3 is 10.6 Å². The summed E-state index contributed by atoms with van der Waals surface area (Å²) in [4.78, 5) is 8.84. The molecule has 6 heteroatoms. The van der Waals surface area contributed by atoms with Crippen molar-refractivity contribution in [3.63, 3.8) is 0 Å². The van der Waals surface area contributed by atoms with Gasteiger partial charge in [0.15, 0.2) is 0 Å². The molecule has 0 radical (unpaired) electrons. The standard InChI is InChI=1S/C19H18ClFN4/c1-12-10-18(23-13(2)14-6-4-3-5-7-14)25-19(22-12)24-15-8-9-17(21)16(20)11-15/h3-11,13H,1-2H3,(H2,22,23,24,25). The summed E-state index contributed by atoms with van der Waals surface area (Å²) in [6.07, 6.45) is 0. The molecule has 1 heterocycles. The molecule has 1 aromatic heterocycles. The van der Waals surface area contributed by atoms with Gasteiger partial charge in [0.25, 0.3) is 0 Å². The summed E-state index contributed by atoms with van der Waals surface area (Å²) >= 11 is 5.81. The van der Waals surface area contributed by atoms with Gasteiger partial charge in [-0.2, -0.15) is 4.98 Å². The van der Waals surface area contributed by atoms with Crippen LogP contribution in [-0.4, -0.2) is 9.97 Å². The largest absolute Gasteiger partial charge is 0.363 e. The van der Waals surface area contributed by atoms with Crippen LogP contribution in [0.2, 0.25) is 5.02 Å². The van der Waals surface area contributed by atoms with Crippen molar-refractivity contribution >= 4 is 29.1 Å². The minimum absolute atomic E-state index is 0.0497. The van der Waals surface area contributed by atoms with Crippen molar-refractivity contribution in [1.82, 2.24) is 9.97 Å². The first kappa shape index (κ1) is 17.2. The third-order valence-electron chi connectivity index (χ3n) is 3.69. The molecule has 0 bridgehead atoms. The Bertz CT molecular complexity index is 871. The molecule has 2 aromatic carbocycles. The average molecular weight is 357 g/mol. The van der Waals surface area contributed by atoms with Gasteiger partial charge in [0.2, 0.25) is 5.95 Å². The topological polar surface area (TPSA) is 49.8 Å². The number of halogens is 2. The highest BCUT2D eigenvalue weighted by atomic mass is 35.5. The summed E-state index contributed by atoms with van der Waals surface area (Å²) in [5.41, 5.74) is 2.60. The Morgan fingerprint density at radius 3 is 2.52 bits per heavy atom. The quantitative estimate of drug-likeness (QED) is 0.634. The molecular formula is C19H18ClFN4. The van der Waals surface area contributed by atoms with E-state index in [0.717, 1.165) is 5.69 Å². The molecule has 0 aliphatic rings. The van der Waals surface area contributed by atoms with E-state index in [-0.39, 0.29) is 11.1 Å². The fourth-order valence-electron chi connectivity index (χ4n) is 2.45. The monoisotopic (exact) mass is 356 g/mol. The zero-order chi connectivity index (χ0) is 17.8. The van der Waals surface area contributed by atoms with Crippen LogP contribution in [0.3, 0.4) is 0 Å². The minimum atomic E-state index is -0.462. The van der Waals surface area contributed by atoms with E-state index in [4.69, 9.17) is 11.6 Å². The van der Waals surface area contributed by atoms with Gasteiger partial charge in [-0.25, -0.2) is 9.37 Å². The molecule has 128 valence electrons. The summed E-state index contributed by atoms with van der Waals surface area (Å²) in [5.74, 6) is 0.668. The highest BCUT2D eigenvalue weighted by Gasteiger charge is 2.09. The number of aromatic nitrogens is 2. The van der Waals surface area contributed by atoms with Crippen LogP contribution in [0, 0.1) is 12.7 Å². The number of aryl methyl sites for hydroxylation is 1. The number of nitrogens with one attached hydrogen (secondary N) is 2. The van der Waals surface area contributed by atoms with Crippen molar-refractivity contribution in [1.29, 1.82) is 0 Å². The first-order chi connectivity index (χ1) is 12.0. The van der Waals surface area contributed by atoms with Gasteiger partial charge in [-0.15, -0.1) is 0 Å². The Kier molecular flexibility index (Phi) is 5.14. The second-order valence-corrected chi connectivity index (χ2v) is 6.16. The molecule has 0 amide bonds. The van der Waals surface area contributed by atoms with Gasteiger partial charge in [0.05, 0.1) is 5.02 Å². The van der Waals surface area contributed by atoms with E-state index in [1.54, 1.807) is 6.07 Å². The van der Waals surface area contributed by atoms with Crippen molar-refractivity contribution in [2.75, 3.05) is 10.6 Å². The molecule has 25 heavy (non-hydrogen) atoms. The van der Waals surface area contributed by atoms with Crippen molar-refractivity contribution in [2.24, 2.45) is 0 Å². The van der Waals surface area contributed by atoms with Crippen molar-refractivity contribution in [3.05, 3.63) is 76.7 Å². The highest BCUT2D eigenvalue weighted by molar-refractivity contribution is 6.31. The smallest absolute Gasteiger partial charge is 0.229 e. The third kappa shape index (κ3) is 4.45. The van der Waals surface area contributed by atoms with Crippen LogP contribution in [0.5, 0.6) is 0 Å². The van der Waals surface area contributed by atoms with Crippen molar-refractivity contribution in [2.45, 2.75) is 19.9 Å². The molecular weight excluding hydrogens is 339 g/mol. The lowest BCUT2D eigenvalue weighted by molar-refractivity contribution is 0.628. The van der Waals surface area contributed by atoms with E-state index in [1.807, 2.05) is 31.2 Å². The van der Waals surface area contributed by atoms with E-state index >= 15 is 0 Å². The Labute approximate surface area is 151 Å². The second kappa shape index (κ2) is 7.49. The molecule has 1 unspecified atom stereocenters. The van der Waals surface area contributed by atoms with Crippen LogP contribution in [0.15, 0.2) is 54.6 Å². The number of hydrogen-bond donors (Lipinski definition) is 2. The zero-order valence-corrected chi connectivity index (χ0v) is 14.7. The SMILES string of the molecule is Cc1cc(NC(C)c2ccccc2)nc(Nc2ccc(F)c(Cl)c2)n1. The van der Waals surface area contributed by atoms with Gasteiger partial charge in [0, 0.05) is 23.5 Å². The number of benzene rings is 2. The molecule has 2 N–H and O–H groups in total. The molecule has 0 fully saturated rings. The van der Waals surface area contributed by atoms with Crippen molar-refractivity contribution < 1.29 is 4.39 Å². The van der Waals surface area contributed by atoms with Gasteiger partial charge in [-0.05, 0) is 37.6 Å². The highest BCUT2D eigenvalue weighted by Crippen LogP contribution is 2.23.